The van der Waals surface area contributed by atoms with Crippen LogP contribution in [0.3, 0.4) is 0 Å². The third kappa shape index (κ3) is 3.05. The first-order valence-electron chi connectivity index (χ1n) is 5.37. The van der Waals surface area contributed by atoms with E-state index in [-0.39, 0.29) is 11.6 Å². The fourth-order valence-corrected chi connectivity index (χ4v) is 1.40. The van der Waals surface area contributed by atoms with Gasteiger partial charge in [0.25, 0.3) is 5.91 Å². The third-order valence-electron chi connectivity index (χ3n) is 2.57. The molecule has 1 rings (SSSR count). The summed E-state index contributed by atoms with van der Waals surface area (Å²) in [5.74, 6) is -1.68. The molecular formula is C11H17N3O3. The Labute approximate surface area is 99.6 Å². The summed E-state index contributed by atoms with van der Waals surface area (Å²) in [6.45, 7) is 5.30. The van der Waals surface area contributed by atoms with Crippen molar-refractivity contribution in [2.24, 2.45) is 13.0 Å². The molecule has 0 aromatic carbocycles. The molecule has 0 fully saturated rings. The summed E-state index contributed by atoms with van der Waals surface area (Å²) in [7, 11) is 1.73. The molecule has 17 heavy (non-hydrogen) atoms. The number of hydrogen-bond acceptors (Lipinski definition) is 3. The maximum atomic E-state index is 11.8. The van der Waals surface area contributed by atoms with Crippen molar-refractivity contribution in [2.75, 3.05) is 0 Å². The second kappa shape index (κ2) is 4.99. The van der Waals surface area contributed by atoms with Gasteiger partial charge in [0.05, 0.1) is 0 Å². The number of carboxylic acids is 1. The number of carbonyl (C=O) groups excluding carboxylic acids is 1. The van der Waals surface area contributed by atoms with Crippen molar-refractivity contribution in [1.29, 1.82) is 0 Å². The zero-order chi connectivity index (χ0) is 13.2. The number of nitrogens with one attached hydrogen (secondary N) is 1. The maximum absolute atomic E-state index is 11.8. The molecule has 0 aliphatic heterocycles. The summed E-state index contributed by atoms with van der Waals surface area (Å²) in [4.78, 5) is 22.7. The molecule has 6 heteroatoms. The van der Waals surface area contributed by atoms with E-state index in [0.717, 1.165) is 5.69 Å². The molecule has 0 aliphatic rings. The Morgan fingerprint density at radius 1 is 1.47 bits per heavy atom. The van der Waals surface area contributed by atoms with Gasteiger partial charge < -0.3 is 10.4 Å². The Morgan fingerprint density at radius 2 is 2.06 bits per heavy atom. The highest BCUT2D eigenvalue weighted by Crippen LogP contribution is 2.05. The molecule has 0 saturated carbocycles. The van der Waals surface area contributed by atoms with E-state index in [2.05, 4.69) is 10.4 Å². The molecule has 1 aromatic heterocycles. The lowest BCUT2D eigenvalue weighted by atomic mass is 10.0. The highest BCUT2D eigenvalue weighted by Gasteiger charge is 2.24. The van der Waals surface area contributed by atoms with Gasteiger partial charge in [-0.25, -0.2) is 4.79 Å². The quantitative estimate of drug-likeness (QED) is 0.804. The molecule has 1 aromatic rings. The van der Waals surface area contributed by atoms with Crippen LogP contribution in [0.5, 0.6) is 0 Å². The number of aromatic nitrogens is 2. The molecule has 0 radical (unpaired) electrons. The van der Waals surface area contributed by atoms with Gasteiger partial charge in [-0.05, 0) is 18.9 Å². The van der Waals surface area contributed by atoms with Crippen molar-refractivity contribution in [3.63, 3.8) is 0 Å². The lowest BCUT2D eigenvalue weighted by molar-refractivity contribution is -0.140. The number of carbonyl (C=O) groups is 2. The Bertz CT molecular complexity index is 418. The molecule has 0 aliphatic carbocycles. The molecular weight excluding hydrogens is 222 g/mol. The zero-order valence-corrected chi connectivity index (χ0v) is 10.4. The summed E-state index contributed by atoms with van der Waals surface area (Å²) in [5, 5.41) is 15.4. The largest absolute Gasteiger partial charge is 0.480 e. The number of hydrogen-bond donors (Lipinski definition) is 2. The van der Waals surface area contributed by atoms with E-state index < -0.39 is 17.9 Å². The molecule has 2 N–H and O–H groups in total. The summed E-state index contributed by atoms with van der Waals surface area (Å²) >= 11 is 0. The molecule has 1 heterocycles. The van der Waals surface area contributed by atoms with Crippen LogP contribution in [0.1, 0.15) is 30.0 Å². The topological polar surface area (TPSA) is 84.2 Å². The average Bonchev–Trinajstić information content (AvgIpc) is 2.54. The highest BCUT2D eigenvalue weighted by molar-refractivity contribution is 5.95. The molecule has 0 saturated heterocycles. The van der Waals surface area contributed by atoms with Crippen molar-refractivity contribution < 1.29 is 14.7 Å². The molecule has 1 amide bonds. The van der Waals surface area contributed by atoms with E-state index in [1.54, 1.807) is 31.6 Å². The fraction of sp³-hybridized carbons (Fsp3) is 0.545. The van der Waals surface area contributed by atoms with E-state index in [1.807, 2.05) is 6.92 Å². The number of rotatable bonds is 4. The molecule has 94 valence electrons. The minimum Gasteiger partial charge on any atom is -0.480 e. The predicted octanol–water partition coefficient (Wildman–Crippen LogP) is 0.568. The SMILES string of the molecule is Cc1cc(C(=O)NC(C(=O)O)C(C)C)nn1C. The van der Waals surface area contributed by atoms with Crippen LogP contribution >= 0.6 is 0 Å². The van der Waals surface area contributed by atoms with Crippen LogP contribution in [-0.4, -0.2) is 32.8 Å². The van der Waals surface area contributed by atoms with Crippen LogP contribution in [0.2, 0.25) is 0 Å². The number of amides is 1. The van der Waals surface area contributed by atoms with Crippen molar-refractivity contribution >= 4 is 11.9 Å². The molecule has 6 nitrogen and oxygen atoms in total. The minimum atomic E-state index is -1.04. The number of nitrogens with zero attached hydrogens (tertiary/aromatic N) is 2. The number of aryl methyl sites for hydroxylation is 2. The smallest absolute Gasteiger partial charge is 0.326 e. The minimum absolute atomic E-state index is 0.179. The monoisotopic (exact) mass is 239 g/mol. The maximum Gasteiger partial charge on any atom is 0.326 e. The van der Waals surface area contributed by atoms with Gasteiger partial charge in [0.2, 0.25) is 0 Å². The molecule has 0 spiro atoms. The normalized spacial score (nSPS) is 12.5. The van der Waals surface area contributed by atoms with Crippen LogP contribution in [0.25, 0.3) is 0 Å². The first-order chi connectivity index (χ1) is 7.82. The Hall–Kier alpha value is -1.85. The van der Waals surface area contributed by atoms with Crippen molar-refractivity contribution in [1.82, 2.24) is 15.1 Å². The zero-order valence-electron chi connectivity index (χ0n) is 10.4. The van der Waals surface area contributed by atoms with Crippen molar-refractivity contribution in [3.8, 4) is 0 Å². The van der Waals surface area contributed by atoms with Gasteiger partial charge in [-0.15, -0.1) is 0 Å². The van der Waals surface area contributed by atoms with Crippen LogP contribution in [0.15, 0.2) is 6.07 Å². The fourth-order valence-electron chi connectivity index (χ4n) is 1.40. The van der Waals surface area contributed by atoms with E-state index in [9.17, 15) is 9.59 Å². The van der Waals surface area contributed by atoms with Crippen molar-refractivity contribution in [2.45, 2.75) is 26.8 Å². The van der Waals surface area contributed by atoms with E-state index >= 15 is 0 Å². The number of carboxylic acid groups (broad SMARTS) is 1. The van der Waals surface area contributed by atoms with Crippen LogP contribution in [-0.2, 0) is 11.8 Å². The molecule has 1 atom stereocenters. The summed E-state index contributed by atoms with van der Waals surface area (Å²) in [6, 6.07) is 0.721. The molecule has 0 bridgehead atoms. The van der Waals surface area contributed by atoms with Gasteiger partial charge in [0, 0.05) is 12.7 Å². The Morgan fingerprint density at radius 3 is 2.41 bits per heavy atom. The number of aliphatic carboxylic acids is 1. The van der Waals surface area contributed by atoms with Crippen LogP contribution < -0.4 is 5.32 Å². The van der Waals surface area contributed by atoms with Crippen LogP contribution in [0.4, 0.5) is 0 Å². The van der Waals surface area contributed by atoms with Gasteiger partial charge in [-0.2, -0.15) is 5.10 Å². The lowest BCUT2D eigenvalue weighted by Gasteiger charge is -2.16. The average molecular weight is 239 g/mol. The van der Waals surface area contributed by atoms with E-state index in [1.165, 1.54) is 0 Å². The van der Waals surface area contributed by atoms with Gasteiger partial charge in [0.1, 0.15) is 11.7 Å². The standard InChI is InChI=1S/C11H17N3O3/c1-6(2)9(11(16)17)12-10(15)8-5-7(3)14(4)13-8/h5-6,9H,1-4H3,(H,12,15)(H,16,17). The second-order valence-corrected chi connectivity index (χ2v) is 4.33. The second-order valence-electron chi connectivity index (χ2n) is 4.33. The van der Waals surface area contributed by atoms with Crippen LogP contribution in [0, 0.1) is 12.8 Å². The molecule has 1 unspecified atom stereocenters. The Kier molecular flexibility index (Phi) is 3.88. The van der Waals surface area contributed by atoms with Gasteiger partial charge >= 0.3 is 5.97 Å². The summed E-state index contributed by atoms with van der Waals surface area (Å²) in [5.41, 5.74) is 1.07. The lowest BCUT2D eigenvalue weighted by Crippen LogP contribution is -2.44. The summed E-state index contributed by atoms with van der Waals surface area (Å²) in [6.07, 6.45) is 0. The predicted molar refractivity (Wildman–Crippen MR) is 61.7 cm³/mol. The first kappa shape index (κ1) is 13.2. The van der Waals surface area contributed by atoms with Gasteiger partial charge in [-0.3, -0.25) is 9.48 Å². The third-order valence-corrected chi connectivity index (χ3v) is 2.57. The first-order valence-corrected chi connectivity index (χ1v) is 5.37. The van der Waals surface area contributed by atoms with E-state index in [0.29, 0.717) is 0 Å². The summed E-state index contributed by atoms with van der Waals surface area (Å²) < 4.78 is 1.57. The highest BCUT2D eigenvalue weighted by atomic mass is 16.4. The van der Waals surface area contributed by atoms with Crippen molar-refractivity contribution in [3.05, 3.63) is 17.5 Å². The van der Waals surface area contributed by atoms with E-state index in [4.69, 9.17) is 5.11 Å². The van der Waals surface area contributed by atoms with Gasteiger partial charge in [0.15, 0.2) is 0 Å². The van der Waals surface area contributed by atoms with Gasteiger partial charge in [-0.1, -0.05) is 13.8 Å². The Balaban J connectivity index is 2.81.